The summed E-state index contributed by atoms with van der Waals surface area (Å²) in [5.74, 6) is -0.684. The Morgan fingerprint density at radius 3 is 2.81 bits per heavy atom. The summed E-state index contributed by atoms with van der Waals surface area (Å²) < 4.78 is 10.3. The summed E-state index contributed by atoms with van der Waals surface area (Å²) >= 11 is 0. The molecule has 0 aliphatic rings. The van der Waals surface area contributed by atoms with E-state index in [1.54, 1.807) is 20.3 Å². The molecular weight excluding hydrogens is 272 g/mol. The van der Waals surface area contributed by atoms with Crippen LogP contribution in [0, 0.1) is 0 Å². The number of ether oxygens (including phenoxy) is 2. The molecule has 0 aliphatic heterocycles. The first-order valence-electron chi connectivity index (χ1n) is 6.54. The van der Waals surface area contributed by atoms with Gasteiger partial charge in [-0.25, -0.2) is 9.78 Å². The average Bonchev–Trinajstić information content (AvgIpc) is 2.50. The number of hydrogen-bond donors (Lipinski definition) is 2. The zero-order valence-electron chi connectivity index (χ0n) is 12.0. The number of carbonyl (C=O) groups is 1. The maximum atomic E-state index is 11.4. The summed E-state index contributed by atoms with van der Waals surface area (Å²) in [4.78, 5) is 15.7. The number of hydrogen-bond acceptors (Lipinski definition) is 5. The fraction of sp³-hybridized carbons (Fsp3) is 0.333. The van der Waals surface area contributed by atoms with Crippen LogP contribution in [-0.4, -0.2) is 49.5 Å². The van der Waals surface area contributed by atoms with Gasteiger partial charge >= 0.3 is 5.97 Å². The summed E-state index contributed by atoms with van der Waals surface area (Å²) in [6.45, 7) is 0.829. The highest BCUT2D eigenvalue weighted by Gasteiger charge is 2.15. The number of nitrogens with zero attached hydrogens (tertiary/aromatic N) is 1. The van der Waals surface area contributed by atoms with Crippen LogP contribution in [0.5, 0.6) is 0 Å². The number of aromatic carboxylic acids is 1. The Morgan fingerprint density at radius 2 is 2.14 bits per heavy atom. The molecule has 6 heteroatoms. The first kappa shape index (κ1) is 15.2. The third-order valence-corrected chi connectivity index (χ3v) is 3.14. The van der Waals surface area contributed by atoms with E-state index in [1.807, 2.05) is 24.3 Å². The van der Waals surface area contributed by atoms with E-state index in [2.05, 4.69) is 10.3 Å². The number of pyridine rings is 1. The Balaban J connectivity index is 2.28. The van der Waals surface area contributed by atoms with Gasteiger partial charge in [0, 0.05) is 26.2 Å². The van der Waals surface area contributed by atoms with Gasteiger partial charge in [-0.1, -0.05) is 18.2 Å². The Kier molecular flexibility index (Phi) is 5.08. The number of benzene rings is 1. The number of anilines is 1. The van der Waals surface area contributed by atoms with Gasteiger partial charge < -0.3 is 19.9 Å². The molecule has 0 spiro atoms. The van der Waals surface area contributed by atoms with Gasteiger partial charge in [0.25, 0.3) is 0 Å². The molecule has 1 aromatic heterocycles. The maximum Gasteiger partial charge on any atom is 0.339 e. The zero-order chi connectivity index (χ0) is 15.2. The first-order chi connectivity index (χ1) is 10.2. The molecule has 1 atom stereocenters. The second kappa shape index (κ2) is 7.01. The Bertz CT molecular complexity index is 630. The number of fused-ring (bicyclic) bond motifs is 1. The van der Waals surface area contributed by atoms with Gasteiger partial charge in [0.1, 0.15) is 11.4 Å². The maximum absolute atomic E-state index is 11.4. The van der Waals surface area contributed by atoms with Crippen LogP contribution < -0.4 is 5.32 Å². The third-order valence-electron chi connectivity index (χ3n) is 3.14. The number of aromatic nitrogens is 1. The summed E-state index contributed by atoms with van der Waals surface area (Å²) in [6, 6.07) is 9.01. The molecule has 0 aliphatic carbocycles. The Hall–Kier alpha value is -2.18. The number of carboxylic acids is 1. The van der Waals surface area contributed by atoms with Gasteiger partial charge in [0.05, 0.1) is 18.2 Å². The molecule has 0 saturated carbocycles. The van der Waals surface area contributed by atoms with E-state index >= 15 is 0 Å². The largest absolute Gasteiger partial charge is 0.478 e. The average molecular weight is 290 g/mol. The van der Waals surface area contributed by atoms with Crippen molar-refractivity contribution in [3.8, 4) is 0 Å². The van der Waals surface area contributed by atoms with Crippen molar-refractivity contribution >= 4 is 22.7 Å². The minimum absolute atomic E-state index is 0.140. The SMILES string of the molecule is COCC(CNc1nc2ccccc2cc1C(=O)O)OC. The minimum atomic E-state index is -1.02. The fourth-order valence-electron chi connectivity index (χ4n) is 2.02. The van der Waals surface area contributed by atoms with E-state index in [4.69, 9.17) is 9.47 Å². The van der Waals surface area contributed by atoms with E-state index in [-0.39, 0.29) is 11.7 Å². The normalized spacial score (nSPS) is 12.3. The number of methoxy groups -OCH3 is 2. The number of nitrogens with one attached hydrogen (secondary N) is 1. The van der Waals surface area contributed by atoms with E-state index in [9.17, 15) is 9.90 Å². The van der Waals surface area contributed by atoms with Crippen LogP contribution in [-0.2, 0) is 9.47 Å². The van der Waals surface area contributed by atoms with Crippen molar-refractivity contribution in [2.24, 2.45) is 0 Å². The number of carboxylic acid groups (broad SMARTS) is 1. The molecule has 2 rings (SSSR count). The molecule has 0 saturated heterocycles. The molecule has 1 heterocycles. The van der Waals surface area contributed by atoms with Crippen LogP contribution in [0.15, 0.2) is 30.3 Å². The van der Waals surface area contributed by atoms with Crippen LogP contribution >= 0.6 is 0 Å². The first-order valence-corrected chi connectivity index (χ1v) is 6.54. The fourth-order valence-corrected chi connectivity index (χ4v) is 2.02. The van der Waals surface area contributed by atoms with Gasteiger partial charge in [-0.3, -0.25) is 0 Å². The molecule has 21 heavy (non-hydrogen) atoms. The number of rotatable bonds is 7. The molecule has 0 bridgehead atoms. The van der Waals surface area contributed by atoms with E-state index in [1.165, 1.54) is 0 Å². The minimum Gasteiger partial charge on any atom is -0.478 e. The van der Waals surface area contributed by atoms with Gasteiger partial charge in [-0.05, 0) is 12.1 Å². The molecular formula is C15H18N2O4. The van der Waals surface area contributed by atoms with Crippen LogP contribution in [0.4, 0.5) is 5.82 Å². The second-order valence-electron chi connectivity index (χ2n) is 4.58. The molecule has 0 fully saturated rings. The Labute approximate surface area is 122 Å². The Morgan fingerprint density at radius 1 is 1.38 bits per heavy atom. The lowest BCUT2D eigenvalue weighted by Crippen LogP contribution is -2.27. The van der Waals surface area contributed by atoms with Crippen molar-refractivity contribution in [1.82, 2.24) is 4.98 Å². The highest BCUT2D eigenvalue weighted by molar-refractivity contribution is 5.98. The quantitative estimate of drug-likeness (QED) is 0.812. The van der Waals surface area contributed by atoms with Crippen molar-refractivity contribution in [3.63, 3.8) is 0 Å². The van der Waals surface area contributed by atoms with Gasteiger partial charge in [0.2, 0.25) is 0 Å². The highest BCUT2D eigenvalue weighted by atomic mass is 16.5. The summed E-state index contributed by atoms with van der Waals surface area (Å²) in [7, 11) is 3.17. The van der Waals surface area contributed by atoms with Gasteiger partial charge in [-0.2, -0.15) is 0 Å². The monoisotopic (exact) mass is 290 g/mol. The molecule has 1 unspecified atom stereocenters. The van der Waals surface area contributed by atoms with E-state index in [0.717, 1.165) is 10.9 Å². The molecule has 2 N–H and O–H groups in total. The zero-order valence-corrected chi connectivity index (χ0v) is 12.0. The van der Waals surface area contributed by atoms with Crippen LogP contribution in [0.2, 0.25) is 0 Å². The lowest BCUT2D eigenvalue weighted by Gasteiger charge is -2.16. The number of para-hydroxylation sites is 1. The predicted molar refractivity (Wildman–Crippen MR) is 79.9 cm³/mol. The topological polar surface area (TPSA) is 80.7 Å². The van der Waals surface area contributed by atoms with E-state index in [0.29, 0.717) is 19.0 Å². The molecule has 1 aromatic carbocycles. The van der Waals surface area contributed by atoms with Gasteiger partial charge in [-0.15, -0.1) is 0 Å². The van der Waals surface area contributed by atoms with Crippen molar-refractivity contribution in [2.75, 3.05) is 32.7 Å². The lowest BCUT2D eigenvalue weighted by atomic mass is 10.1. The molecule has 112 valence electrons. The molecule has 0 amide bonds. The predicted octanol–water partition coefficient (Wildman–Crippen LogP) is 2.01. The van der Waals surface area contributed by atoms with Crippen LogP contribution in [0.1, 0.15) is 10.4 Å². The van der Waals surface area contributed by atoms with Crippen molar-refractivity contribution in [1.29, 1.82) is 0 Å². The van der Waals surface area contributed by atoms with Crippen LogP contribution in [0.3, 0.4) is 0 Å². The lowest BCUT2D eigenvalue weighted by molar-refractivity contribution is 0.0365. The van der Waals surface area contributed by atoms with Crippen LogP contribution in [0.25, 0.3) is 10.9 Å². The summed E-state index contributed by atoms with van der Waals surface area (Å²) in [5.41, 5.74) is 0.881. The summed E-state index contributed by atoms with van der Waals surface area (Å²) in [6.07, 6.45) is -0.176. The summed E-state index contributed by atoms with van der Waals surface area (Å²) in [5, 5.41) is 13.1. The smallest absolute Gasteiger partial charge is 0.339 e. The van der Waals surface area contributed by atoms with Crippen molar-refractivity contribution in [3.05, 3.63) is 35.9 Å². The molecule has 6 nitrogen and oxygen atoms in total. The second-order valence-corrected chi connectivity index (χ2v) is 4.58. The van der Waals surface area contributed by atoms with Crippen molar-refractivity contribution in [2.45, 2.75) is 6.10 Å². The van der Waals surface area contributed by atoms with Gasteiger partial charge in [0.15, 0.2) is 0 Å². The molecule has 2 aromatic rings. The van der Waals surface area contributed by atoms with E-state index < -0.39 is 5.97 Å². The standard InChI is InChI=1S/C15H18N2O4/c1-20-9-11(21-2)8-16-14-12(15(18)19)7-10-5-3-4-6-13(10)17-14/h3-7,11H,8-9H2,1-2H3,(H,16,17)(H,18,19). The third kappa shape index (κ3) is 3.68. The molecule has 0 radical (unpaired) electrons. The highest BCUT2D eigenvalue weighted by Crippen LogP contribution is 2.20. The van der Waals surface area contributed by atoms with Crippen molar-refractivity contribution < 1.29 is 19.4 Å².